The number of aromatic amines is 1. The van der Waals surface area contributed by atoms with Crippen molar-refractivity contribution in [1.29, 1.82) is 0 Å². The molecular formula is C16H9F3N2. The molecule has 0 spiro atoms. The molecule has 21 heavy (non-hydrogen) atoms. The molecule has 0 bridgehead atoms. The van der Waals surface area contributed by atoms with Crippen molar-refractivity contribution in [2.24, 2.45) is 0 Å². The quantitative estimate of drug-likeness (QED) is 0.622. The molecule has 0 aliphatic heterocycles. The van der Waals surface area contributed by atoms with Gasteiger partial charge in [0, 0.05) is 5.56 Å². The Bertz CT molecular complexity index is 818. The lowest BCUT2D eigenvalue weighted by atomic mass is 10.1. The topological polar surface area (TPSA) is 28.7 Å². The number of imidazole rings is 1. The number of H-pyrrole nitrogens is 1. The fraction of sp³-hybridized carbons (Fsp3) is 0.0625. The summed E-state index contributed by atoms with van der Waals surface area (Å²) in [6, 6.07) is 12.3. The van der Waals surface area contributed by atoms with Crippen LogP contribution in [0.5, 0.6) is 0 Å². The summed E-state index contributed by atoms with van der Waals surface area (Å²) in [5.74, 6) is 5.86. The van der Waals surface area contributed by atoms with Crippen molar-refractivity contribution in [3.8, 4) is 11.8 Å². The number of nitrogens with zero attached hydrogens (tertiary/aromatic N) is 1. The third-order valence-corrected chi connectivity index (χ3v) is 2.90. The largest absolute Gasteiger partial charge is 0.416 e. The number of hydrogen-bond donors (Lipinski definition) is 1. The minimum Gasteiger partial charge on any atom is -0.331 e. The molecule has 0 aliphatic carbocycles. The number of halogens is 3. The van der Waals surface area contributed by atoms with Crippen molar-refractivity contribution in [1.82, 2.24) is 9.97 Å². The van der Waals surface area contributed by atoms with Gasteiger partial charge in [-0.25, -0.2) is 4.98 Å². The van der Waals surface area contributed by atoms with Gasteiger partial charge in [0.1, 0.15) is 0 Å². The Balaban J connectivity index is 1.94. The van der Waals surface area contributed by atoms with Gasteiger partial charge in [-0.1, -0.05) is 24.1 Å². The Kier molecular flexibility index (Phi) is 3.15. The van der Waals surface area contributed by atoms with E-state index in [2.05, 4.69) is 21.8 Å². The molecule has 0 saturated carbocycles. The van der Waals surface area contributed by atoms with Crippen LogP contribution in [-0.4, -0.2) is 9.97 Å². The first kappa shape index (κ1) is 13.3. The Morgan fingerprint density at radius 1 is 0.952 bits per heavy atom. The van der Waals surface area contributed by atoms with Crippen LogP contribution >= 0.6 is 0 Å². The molecule has 5 heteroatoms. The van der Waals surface area contributed by atoms with Crippen LogP contribution in [0.2, 0.25) is 0 Å². The van der Waals surface area contributed by atoms with Gasteiger partial charge >= 0.3 is 6.18 Å². The number of nitrogens with one attached hydrogen (secondary N) is 1. The van der Waals surface area contributed by atoms with E-state index in [0.29, 0.717) is 11.4 Å². The molecule has 3 rings (SSSR count). The number of benzene rings is 2. The fourth-order valence-corrected chi connectivity index (χ4v) is 1.92. The smallest absolute Gasteiger partial charge is 0.331 e. The maximum atomic E-state index is 12.6. The third kappa shape index (κ3) is 2.90. The number of aromatic nitrogens is 2. The lowest BCUT2D eigenvalue weighted by Crippen LogP contribution is -2.04. The summed E-state index contributed by atoms with van der Waals surface area (Å²) in [5.41, 5.74) is 1.20. The van der Waals surface area contributed by atoms with E-state index < -0.39 is 11.7 Å². The molecule has 0 saturated heterocycles. The first-order valence-electron chi connectivity index (χ1n) is 6.16. The average Bonchev–Trinajstić information content (AvgIpc) is 2.87. The summed E-state index contributed by atoms with van der Waals surface area (Å²) in [7, 11) is 0. The van der Waals surface area contributed by atoms with Crippen LogP contribution in [0.3, 0.4) is 0 Å². The predicted octanol–water partition coefficient (Wildman–Crippen LogP) is 3.98. The first-order chi connectivity index (χ1) is 10.0. The summed E-state index contributed by atoms with van der Waals surface area (Å²) in [4.78, 5) is 7.25. The van der Waals surface area contributed by atoms with Gasteiger partial charge in [-0.05, 0) is 36.3 Å². The summed E-state index contributed by atoms with van der Waals surface area (Å²) in [5, 5.41) is 0. The molecule has 0 unspecified atom stereocenters. The van der Waals surface area contributed by atoms with Crippen molar-refractivity contribution < 1.29 is 13.2 Å². The fourth-order valence-electron chi connectivity index (χ4n) is 1.92. The Morgan fingerprint density at radius 2 is 1.76 bits per heavy atom. The highest BCUT2D eigenvalue weighted by atomic mass is 19.4. The summed E-state index contributed by atoms with van der Waals surface area (Å²) in [6.45, 7) is 0. The van der Waals surface area contributed by atoms with Crippen LogP contribution in [0.4, 0.5) is 13.2 Å². The highest BCUT2D eigenvalue weighted by Gasteiger charge is 2.30. The van der Waals surface area contributed by atoms with Crippen molar-refractivity contribution in [2.45, 2.75) is 6.18 Å². The SMILES string of the molecule is FC(F)(F)c1cccc(C#Cc2nc3ccccc3[nH]2)c1. The van der Waals surface area contributed by atoms with Gasteiger partial charge < -0.3 is 4.98 Å². The molecule has 104 valence electrons. The van der Waals surface area contributed by atoms with Gasteiger partial charge in [-0.15, -0.1) is 0 Å². The minimum absolute atomic E-state index is 0.297. The zero-order valence-electron chi connectivity index (χ0n) is 10.7. The highest BCUT2D eigenvalue weighted by Crippen LogP contribution is 2.29. The van der Waals surface area contributed by atoms with Crippen LogP contribution in [0.1, 0.15) is 17.0 Å². The molecule has 1 heterocycles. The van der Waals surface area contributed by atoms with E-state index in [1.807, 2.05) is 24.3 Å². The van der Waals surface area contributed by atoms with Crippen molar-refractivity contribution in [2.75, 3.05) is 0 Å². The van der Waals surface area contributed by atoms with Gasteiger partial charge in [0.25, 0.3) is 0 Å². The standard InChI is InChI=1S/C16H9F3N2/c17-16(18,19)12-5-3-4-11(10-12)8-9-15-20-13-6-1-2-7-14(13)21-15/h1-7,10H,(H,20,21). The third-order valence-electron chi connectivity index (χ3n) is 2.90. The van der Waals surface area contributed by atoms with E-state index >= 15 is 0 Å². The summed E-state index contributed by atoms with van der Waals surface area (Å²) in [6.07, 6.45) is -4.36. The van der Waals surface area contributed by atoms with Crippen LogP contribution in [0.25, 0.3) is 11.0 Å². The first-order valence-corrected chi connectivity index (χ1v) is 6.16. The van der Waals surface area contributed by atoms with E-state index in [1.165, 1.54) is 12.1 Å². The molecule has 3 aromatic rings. The summed E-state index contributed by atoms with van der Waals surface area (Å²) < 4.78 is 37.8. The van der Waals surface area contributed by atoms with Crippen molar-refractivity contribution >= 4 is 11.0 Å². The molecule has 1 N–H and O–H groups in total. The number of hydrogen-bond acceptors (Lipinski definition) is 1. The van der Waals surface area contributed by atoms with Gasteiger partial charge in [-0.2, -0.15) is 13.2 Å². The van der Waals surface area contributed by atoms with E-state index in [0.717, 1.165) is 23.2 Å². The Hall–Kier alpha value is -2.74. The van der Waals surface area contributed by atoms with Crippen LogP contribution in [0.15, 0.2) is 48.5 Å². The Labute approximate surface area is 118 Å². The van der Waals surface area contributed by atoms with Crippen LogP contribution < -0.4 is 0 Å². The predicted molar refractivity (Wildman–Crippen MR) is 73.5 cm³/mol. The molecule has 0 aliphatic rings. The second kappa shape index (κ2) is 4.98. The Morgan fingerprint density at radius 3 is 2.52 bits per heavy atom. The number of rotatable bonds is 0. The minimum atomic E-state index is -4.36. The average molecular weight is 286 g/mol. The maximum absolute atomic E-state index is 12.6. The van der Waals surface area contributed by atoms with E-state index in [4.69, 9.17) is 0 Å². The van der Waals surface area contributed by atoms with E-state index in [9.17, 15) is 13.2 Å². The molecular weight excluding hydrogens is 277 g/mol. The lowest BCUT2D eigenvalue weighted by molar-refractivity contribution is -0.137. The van der Waals surface area contributed by atoms with Gasteiger partial charge in [0.05, 0.1) is 16.6 Å². The maximum Gasteiger partial charge on any atom is 0.416 e. The van der Waals surface area contributed by atoms with E-state index in [-0.39, 0.29) is 0 Å². The van der Waals surface area contributed by atoms with Crippen LogP contribution in [0, 0.1) is 11.8 Å². The van der Waals surface area contributed by atoms with Crippen molar-refractivity contribution in [3.63, 3.8) is 0 Å². The number of fused-ring (bicyclic) bond motifs is 1. The monoisotopic (exact) mass is 286 g/mol. The lowest BCUT2D eigenvalue weighted by Gasteiger charge is -2.05. The van der Waals surface area contributed by atoms with Gasteiger partial charge in [-0.3, -0.25) is 0 Å². The number of alkyl halides is 3. The van der Waals surface area contributed by atoms with Gasteiger partial charge in [0.2, 0.25) is 0 Å². The molecule has 2 nitrogen and oxygen atoms in total. The molecule has 0 fully saturated rings. The van der Waals surface area contributed by atoms with Gasteiger partial charge in [0.15, 0.2) is 5.82 Å². The molecule has 0 atom stereocenters. The highest BCUT2D eigenvalue weighted by molar-refractivity contribution is 5.75. The second-order valence-electron chi connectivity index (χ2n) is 4.43. The normalized spacial score (nSPS) is 11.2. The zero-order chi connectivity index (χ0) is 14.9. The second-order valence-corrected chi connectivity index (χ2v) is 4.43. The number of para-hydroxylation sites is 2. The van der Waals surface area contributed by atoms with Crippen molar-refractivity contribution in [3.05, 3.63) is 65.5 Å². The summed E-state index contributed by atoms with van der Waals surface area (Å²) >= 11 is 0. The molecule has 0 amide bonds. The van der Waals surface area contributed by atoms with Crippen LogP contribution in [-0.2, 0) is 6.18 Å². The molecule has 2 aromatic carbocycles. The van der Waals surface area contributed by atoms with E-state index in [1.54, 1.807) is 0 Å². The zero-order valence-corrected chi connectivity index (χ0v) is 10.7. The molecule has 0 radical (unpaired) electrons. The molecule has 1 aromatic heterocycles.